The smallest absolute Gasteiger partial charge is 0.243 e. The molecule has 0 amide bonds. The maximum absolute atomic E-state index is 12.9. The van der Waals surface area contributed by atoms with E-state index in [0.29, 0.717) is 16.4 Å². The summed E-state index contributed by atoms with van der Waals surface area (Å²) in [5.74, 6) is 0.499. The number of aromatic nitrogens is 2. The SMILES string of the molecule is CN(Cc1nc(-c2ccccc2Cl)no1)S(=O)(=O)c1ccc2ccccc2c1. The fourth-order valence-electron chi connectivity index (χ4n) is 2.85. The van der Waals surface area contributed by atoms with Crippen LogP contribution in [0.25, 0.3) is 22.2 Å². The maximum Gasteiger partial charge on any atom is 0.243 e. The number of hydrogen-bond donors (Lipinski definition) is 0. The molecule has 0 fully saturated rings. The summed E-state index contributed by atoms with van der Waals surface area (Å²) in [6.07, 6.45) is 0. The van der Waals surface area contributed by atoms with Crippen molar-refractivity contribution in [3.8, 4) is 11.4 Å². The van der Waals surface area contributed by atoms with Gasteiger partial charge in [-0.15, -0.1) is 0 Å². The second-order valence-corrected chi connectivity index (χ2v) is 8.71. The number of fused-ring (bicyclic) bond motifs is 1. The van der Waals surface area contributed by atoms with E-state index in [1.165, 1.54) is 11.4 Å². The monoisotopic (exact) mass is 413 g/mol. The van der Waals surface area contributed by atoms with E-state index in [0.717, 1.165) is 10.8 Å². The molecule has 0 spiro atoms. The fourth-order valence-corrected chi connectivity index (χ4v) is 4.23. The molecular formula is C20H16ClN3O3S. The quantitative estimate of drug-likeness (QED) is 0.485. The molecule has 0 saturated carbocycles. The molecule has 0 unspecified atom stereocenters. The predicted molar refractivity (Wildman–Crippen MR) is 107 cm³/mol. The number of sulfonamides is 1. The van der Waals surface area contributed by atoms with Crippen molar-refractivity contribution in [3.63, 3.8) is 0 Å². The molecule has 4 aromatic rings. The van der Waals surface area contributed by atoms with Crippen LogP contribution in [0.4, 0.5) is 0 Å². The first-order valence-corrected chi connectivity index (χ1v) is 10.3. The second kappa shape index (κ2) is 7.35. The molecule has 0 saturated heterocycles. The van der Waals surface area contributed by atoms with Crippen LogP contribution in [0.15, 0.2) is 76.1 Å². The van der Waals surface area contributed by atoms with Gasteiger partial charge in [0.2, 0.25) is 21.7 Å². The van der Waals surface area contributed by atoms with Gasteiger partial charge in [0.05, 0.1) is 16.5 Å². The Hall–Kier alpha value is -2.74. The first-order chi connectivity index (χ1) is 13.4. The van der Waals surface area contributed by atoms with E-state index in [2.05, 4.69) is 10.1 Å². The third kappa shape index (κ3) is 3.52. The summed E-state index contributed by atoms with van der Waals surface area (Å²) in [5.41, 5.74) is 0.624. The first-order valence-electron chi connectivity index (χ1n) is 8.48. The Morgan fingerprint density at radius 3 is 2.50 bits per heavy atom. The molecule has 6 nitrogen and oxygen atoms in total. The largest absolute Gasteiger partial charge is 0.338 e. The van der Waals surface area contributed by atoms with E-state index in [1.807, 2.05) is 30.3 Å². The fraction of sp³-hybridized carbons (Fsp3) is 0.100. The first kappa shape index (κ1) is 18.6. The molecule has 0 atom stereocenters. The molecule has 0 aliphatic rings. The zero-order chi connectivity index (χ0) is 19.7. The van der Waals surface area contributed by atoms with Gasteiger partial charge in [-0.2, -0.15) is 9.29 Å². The van der Waals surface area contributed by atoms with Crippen LogP contribution in [0.3, 0.4) is 0 Å². The lowest BCUT2D eigenvalue weighted by Gasteiger charge is -2.15. The summed E-state index contributed by atoms with van der Waals surface area (Å²) < 4.78 is 32.3. The predicted octanol–water partition coefficient (Wildman–Crippen LogP) is 4.36. The minimum Gasteiger partial charge on any atom is -0.338 e. The lowest BCUT2D eigenvalue weighted by molar-refractivity contribution is 0.337. The Bertz CT molecular complexity index is 1250. The van der Waals surface area contributed by atoms with Gasteiger partial charge in [0.25, 0.3) is 0 Å². The van der Waals surface area contributed by atoms with Crippen molar-refractivity contribution < 1.29 is 12.9 Å². The molecule has 1 aromatic heterocycles. The van der Waals surface area contributed by atoms with Crippen LogP contribution in [0, 0.1) is 0 Å². The second-order valence-electron chi connectivity index (χ2n) is 6.26. The van der Waals surface area contributed by atoms with Gasteiger partial charge in [-0.05, 0) is 35.0 Å². The van der Waals surface area contributed by atoms with Gasteiger partial charge in [-0.1, -0.05) is 59.2 Å². The van der Waals surface area contributed by atoms with Crippen molar-refractivity contribution in [1.29, 1.82) is 0 Å². The Labute approximate surface area is 167 Å². The highest BCUT2D eigenvalue weighted by molar-refractivity contribution is 7.89. The summed E-state index contributed by atoms with van der Waals surface area (Å²) in [6, 6.07) is 19.7. The molecule has 0 bridgehead atoms. The van der Waals surface area contributed by atoms with Gasteiger partial charge in [0.1, 0.15) is 0 Å². The minimum atomic E-state index is -3.71. The molecule has 1 heterocycles. The number of nitrogens with zero attached hydrogens (tertiary/aromatic N) is 3. The van der Waals surface area contributed by atoms with Gasteiger partial charge in [-0.3, -0.25) is 0 Å². The summed E-state index contributed by atoms with van der Waals surface area (Å²) >= 11 is 6.15. The van der Waals surface area contributed by atoms with Crippen LogP contribution < -0.4 is 0 Å². The van der Waals surface area contributed by atoms with E-state index < -0.39 is 10.0 Å². The van der Waals surface area contributed by atoms with Crippen molar-refractivity contribution in [1.82, 2.24) is 14.4 Å². The Kier molecular flexibility index (Phi) is 4.89. The number of hydrogen-bond acceptors (Lipinski definition) is 5. The summed E-state index contributed by atoms with van der Waals surface area (Å²) in [4.78, 5) is 4.48. The summed E-state index contributed by atoms with van der Waals surface area (Å²) in [6.45, 7) is -0.0490. The van der Waals surface area contributed by atoms with Gasteiger partial charge in [0.15, 0.2) is 0 Å². The molecule has 0 N–H and O–H groups in total. The van der Waals surface area contributed by atoms with Crippen LogP contribution in [-0.2, 0) is 16.6 Å². The van der Waals surface area contributed by atoms with Crippen molar-refractivity contribution in [2.24, 2.45) is 0 Å². The van der Waals surface area contributed by atoms with Gasteiger partial charge < -0.3 is 4.52 Å². The van der Waals surface area contributed by atoms with Crippen LogP contribution in [0.1, 0.15) is 5.89 Å². The van der Waals surface area contributed by atoms with E-state index in [9.17, 15) is 8.42 Å². The van der Waals surface area contributed by atoms with Gasteiger partial charge in [-0.25, -0.2) is 8.42 Å². The third-order valence-corrected chi connectivity index (χ3v) is 6.50. The molecule has 0 aliphatic heterocycles. The average Bonchev–Trinajstić information content (AvgIpc) is 3.16. The van der Waals surface area contributed by atoms with Crippen LogP contribution in [0.5, 0.6) is 0 Å². The number of rotatable bonds is 5. The van der Waals surface area contributed by atoms with Crippen LogP contribution in [-0.4, -0.2) is 29.9 Å². The van der Waals surface area contributed by atoms with E-state index in [1.54, 1.807) is 36.4 Å². The normalized spacial score (nSPS) is 12.0. The average molecular weight is 414 g/mol. The van der Waals surface area contributed by atoms with Crippen molar-refractivity contribution in [3.05, 3.63) is 77.6 Å². The molecular weight excluding hydrogens is 398 g/mol. The zero-order valence-corrected chi connectivity index (χ0v) is 16.5. The molecule has 8 heteroatoms. The van der Waals surface area contributed by atoms with Crippen LogP contribution >= 0.6 is 11.6 Å². The van der Waals surface area contributed by atoms with E-state index >= 15 is 0 Å². The van der Waals surface area contributed by atoms with E-state index in [4.69, 9.17) is 16.1 Å². The number of halogens is 1. The van der Waals surface area contributed by atoms with E-state index in [-0.39, 0.29) is 17.3 Å². The zero-order valence-electron chi connectivity index (χ0n) is 14.9. The van der Waals surface area contributed by atoms with Crippen molar-refractivity contribution >= 4 is 32.4 Å². The molecule has 142 valence electrons. The van der Waals surface area contributed by atoms with Crippen molar-refractivity contribution in [2.45, 2.75) is 11.4 Å². The highest BCUT2D eigenvalue weighted by Crippen LogP contribution is 2.26. The number of benzene rings is 3. The molecule has 28 heavy (non-hydrogen) atoms. The van der Waals surface area contributed by atoms with Gasteiger partial charge in [0, 0.05) is 12.6 Å². The molecule has 4 rings (SSSR count). The minimum absolute atomic E-state index is 0.0490. The Balaban J connectivity index is 1.59. The standard InChI is InChI=1S/C20H16ClN3O3S/c1-24(13-19-22-20(23-27-19)17-8-4-5-9-18(17)21)28(25,26)16-11-10-14-6-2-3-7-15(14)12-16/h2-12H,13H2,1H3. The molecule has 0 radical (unpaired) electrons. The maximum atomic E-state index is 12.9. The third-order valence-electron chi connectivity index (χ3n) is 4.37. The van der Waals surface area contributed by atoms with Gasteiger partial charge >= 0.3 is 0 Å². The highest BCUT2D eigenvalue weighted by atomic mass is 35.5. The summed E-state index contributed by atoms with van der Waals surface area (Å²) in [7, 11) is -2.24. The van der Waals surface area contributed by atoms with Crippen LogP contribution in [0.2, 0.25) is 5.02 Å². The lowest BCUT2D eigenvalue weighted by Crippen LogP contribution is -2.26. The lowest BCUT2D eigenvalue weighted by atomic mass is 10.1. The Morgan fingerprint density at radius 2 is 1.71 bits per heavy atom. The van der Waals surface area contributed by atoms with Crippen molar-refractivity contribution in [2.75, 3.05) is 7.05 Å². The topological polar surface area (TPSA) is 76.3 Å². The molecule has 0 aliphatic carbocycles. The molecule has 3 aromatic carbocycles. The Morgan fingerprint density at radius 1 is 1.00 bits per heavy atom. The summed E-state index contributed by atoms with van der Waals surface area (Å²) in [5, 5.41) is 6.23. The highest BCUT2D eigenvalue weighted by Gasteiger charge is 2.23.